The molecular weight excluding hydrogens is 631 g/mol. The summed E-state index contributed by atoms with van der Waals surface area (Å²) in [5.74, 6) is 0. The molecule has 0 saturated carbocycles. The summed E-state index contributed by atoms with van der Waals surface area (Å²) >= 11 is 0. The van der Waals surface area contributed by atoms with E-state index in [0.717, 1.165) is 28.1 Å². The van der Waals surface area contributed by atoms with E-state index in [1.54, 1.807) is 0 Å². The Morgan fingerprint density at radius 2 is 0.885 bits per heavy atom. The van der Waals surface area contributed by atoms with E-state index in [2.05, 4.69) is 199 Å². The van der Waals surface area contributed by atoms with Gasteiger partial charge >= 0.3 is 0 Å². The van der Waals surface area contributed by atoms with Gasteiger partial charge in [-0.15, -0.1) is 0 Å². The van der Waals surface area contributed by atoms with Gasteiger partial charge in [0.2, 0.25) is 0 Å². The van der Waals surface area contributed by atoms with Gasteiger partial charge in [-0.25, -0.2) is 4.98 Å². The number of pyridine rings is 1. The molecule has 1 atom stereocenters. The first kappa shape index (κ1) is 31.3. The van der Waals surface area contributed by atoms with E-state index < -0.39 is 0 Å². The highest BCUT2D eigenvalue weighted by molar-refractivity contribution is 5.94. The number of para-hydroxylation sites is 2. The predicted molar refractivity (Wildman–Crippen MR) is 219 cm³/mol. The lowest BCUT2D eigenvalue weighted by atomic mass is 9.88. The second-order valence-electron chi connectivity index (χ2n) is 13.3. The third-order valence-electron chi connectivity index (χ3n) is 9.97. The average Bonchev–Trinajstić information content (AvgIpc) is 3.57. The monoisotopic (exact) mass is 667 g/mol. The zero-order valence-electron chi connectivity index (χ0n) is 28.9. The molecule has 0 aliphatic carbocycles. The van der Waals surface area contributed by atoms with Gasteiger partial charge in [0, 0.05) is 16.8 Å². The van der Waals surface area contributed by atoms with Crippen molar-refractivity contribution in [2.24, 2.45) is 0 Å². The van der Waals surface area contributed by atoms with Crippen molar-refractivity contribution in [3.05, 3.63) is 194 Å². The van der Waals surface area contributed by atoms with Gasteiger partial charge in [-0.2, -0.15) is 0 Å². The van der Waals surface area contributed by atoms with Crippen LogP contribution >= 0.6 is 0 Å². The van der Waals surface area contributed by atoms with Crippen molar-refractivity contribution >= 4 is 17.1 Å². The molecule has 0 saturated heterocycles. The summed E-state index contributed by atoms with van der Waals surface area (Å²) < 4.78 is 0. The number of fused-ring (bicyclic) bond motifs is 1. The van der Waals surface area contributed by atoms with Crippen molar-refractivity contribution in [2.45, 2.75) is 13.1 Å². The summed E-state index contributed by atoms with van der Waals surface area (Å²) in [5.41, 5.74) is 17.1. The van der Waals surface area contributed by atoms with Gasteiger partial charge in [0.1, 0.15) is 6.17 Å². The van der Waals surface area contributed by atoms with Gasteiger partial charge in [-0.3, -0.25) is 0 Å². The summed E-state index contributed by atoms with van der Waals surface area (Å²) in [7, 11) is 0. The number of anilines is 3. The van der Waals surface area contributed by atoms with Crippen LogP contribution in [0.4, 0.5) is 17.1 Å². The molecule has 0 spiro atoms. The number of hydrogen-bond donors (Lipinski definition) is 1. The van der Waals surface area contributed by atoms with Crippen LogP contribution in [0.3, 0.4) is 0 Å². The summed E-state index contributed by atoms with van der Waals surface area (Å²) in [6, 6.07) is 69.2. The van der Waals surface area contributed by atoms with Crippen molar-refractivity contribution in [3.8, 4) is 67.0 Å². The molecule has 3 nitrogen and oxygen atoms in total. The molecule has 9 rings (SSSR count). The van der Waals surface area contributed by atoms with Crippen molar-refractivity contribution in [2.75, 3.05) is 10.2 Å². The van der Waals surface area contributed by atoms with Gasteiger partial charge in [-0.1, -0.05) is 152 Å². The molecule has 1 aromatic heterocycles. The molecule has 3 heteroatoms. The first-order chi connectivity index (χ1) is 25.7. The van der Waals surface area contributed by atoms with E-state index in [-0.39, 0.29) is 6.17 Å². The lowest BCUT2D eigenvalue weighted by Crippen LogP contribution is -2.28. The lowest BCUT2D eigenvalue weighted by Gasteiger charge is -2.24. The Morgan fingerprint density at radius 3 is 1.54 bits per heavy atom. The second-order valence-corrected chi connectivity index (χ2v) is 13.3. The summed E-state index contributed by atoms with van der Waals surface area (Å²) in [6.45, 7) is 2.21. The molecule has 0 fully saturated rings. The SMILES string of the molecule is CC1Nc2ccccc2N1c1cccc(-c2cccc(-c3ccccc3-c3ccccc3-c3cc(-c4ccccc4)nc(-c4ccccc4)c3)c2)c1. The Hall–Kier alpha value is -6.71. The molecule has 1 N–H and O–H groups in total. The molecule has 0 radical (unpaired) electrons. The van der Waals surface area contributed by atoms with Crippen LogP contribution in [0.2, 0.25) is 0 Å². The van der Waals surface area contributed by atoms with E-state index >= 15 is 0 Å². The van der Waals surface area contributed by atoms with E-state index in [4.69, 9.17) is 4.98 Å². The minimum Gasteiger partial charge on any atom is -0.363 e. The topological polar surface area (TPSA) is 28.2 Å². The third kappa shape index (κ3) is 5.93. The van der Waals surface area contributed by atoms with Crippen molar-refractivity contribution in [1.29, 1.82) is 0 Å². The summed E-state index contributed by atoms with van der Waals surface area (Å²) in [6.07, 6.45) is 0.166. The van der Waals surface area contributed by atoms with Crippen LogP contribution in [-0.4, -0.2) is 11.1 Å². The molecule has 0 bridgehead atoms. The van der Waals surface area contributed by atoms with Crippen LogP contribution in [0.15, 0.2) is 194 Å². The first-order valence-electron chi connectivity index (χ1n) is 17.9. The second kappa shape index (κ2) is 13.5. The number of aromatic nitrogens is 1. The molecule has 52 heavy (non-hydrogen) atoms. The Kier molecular flexibility index (Phi) is 8.15. The predicted octanol–water partition coefficient (Wildman–Crippen LogP) is 13.0. The normalized spacial score (nSPS) is 13.4. The number of nitrogens with one attached hydrogen (secondary N) is 1. The molecule has 8 aromatic rings. The Morgan fingerprint density at radius 1 is 0.404 bits per heavy atom. The first-order valence-corrected chi connectivity index (χ1v) is 17.9. The maximum Gasteiger partial charge on any atom is 0.101 e. The summed E-state index contributed by atoms with van der Waals surface area (Å²) in [5, 5.41) is 3.62. The lowest BCUT2D eigenvalue weighted by molar-refractivity contribution is 0.843. The molecule has 1 aliphatic rings. The molecule has 2 heterocycles. The third-order valence-corrected chi connectivity index (χ3v) is 9.97. The fraction of sp³-hybridized carbons (Fsp3) is 0.0408. The maximum absolute atomic E-state index is 5.15. The zero-order valence-corrected chi connectivity index (χ0v) is 28.9. The van der Waals surface area contributed by atoms with Gasteiger partial charge < -0.3 is 10.2 Å². The molecule has 7 aromatic carbocycles. The van der Waals surface area contributed by atoms with Gasteiger partial charge in [-0.05, 0) is 93.9 Å². The number of rotatable bonds is 7. The molecule has 1 aliphatic heterocycles. The highest BCUT2D eigenvalue weighted by atomic mass is 15.3. The molecular formula is C49H37N3. The molecule has 248 valence electrons. The fourth-order valence-corrected chi connectivity index (χ4v) is 7.51. The summed E-state index contributed by atoms with van der Waals surface area (Å²) in [4.78, 5) is 7.52. The Balaban J connectivity index is 1.13. The highest BCUT2D eigenvalue weighted by Crippen LogP contribution is 2.43. The Bertz CT molecular complexity index is 2460. The smallest absolute Gasteiger partial charge is 0.101 e. The number of nitrogens with zero attached hydrogens (tertiary/aromatic N) is 2. The minimum absolute atomic E-state index is 0.166. The van der Waals surface area contributed by atoms with E-state index in [0.29, 0.717) is 0 Å². The zero-order chi connectivity index (χ0) is 34.9. The van der Waals surface area contributed by atoms with Crippen LogP contribution in [-0.2, 0) is 0 Å². The quantitative estimate of drug-likeness (QED) is 0.183. The number of hydrogen-bond acceptors (Lipinski definition) is 3. The molecule has 1 unspecified atom stereocenters. The van der Waals surface area contributed by atoms with E-state index in [1.165, 1.54) is 56.0 Å². The van der Waals surface area contributed by atoms with Crippen molar-refractivity contribution in [3.63, 3.8) is 0 Å². The van der Waals surface area contributed by atoms with Crippen LogP contribution in [0, 0.1) is 0 Å². The highest BCUT2D eigenvalue weighted by Gasteiger charge is 2.26. The average molecular weight is 668 g/mol. The van der Waals surface area contributed by atoms with Gasteiger partial charge in [0.15, 0.2) is 0 Å². The fourth-order valence-electron chi connectivity index (χ4n) is 7.51. The van der Waals surface area contributed by atoms with Crippen LogP contribution in [0.25, 0.3) is 67.0 Å². The largest absolute Gasteiger partial charge is 0.363 e. The molecule has 0 amide bonds. The number of benzene rings is 7. The van der Waals surface area contributed by atoms with Crippen LogP contribution < -0.4 is 10.2 Å². The van der Waals surface area contributed by atoms with Crippen molar-refractivity contribution < 1.29 is 0 Å². The van der Waals surface area contributed by atoms with E-state index in [9.17, 15) is 0 Å². The van der Waals surface area contributed by atoms with Crippen LogP contribution in [0.5, 0.6) is 0 Å². The van der Waals surface area contributed by atoms with Crippen molar-refractivity contribution in [1.82, 2.24) is 4.98 Å². The van der Waals surface area contributed by atoms with Gasteiger partial charge in [0.25, 0.3) is 0 Å². The van der Waals surface area contributed by atoms with Gasteiger partial charge in [0.05, 0.1) is 22.8 Å². The minimum atomic E-state index is 0.166. The maximum atomic E-state index is 5.15. The Labute approximate surface area is 305 Å². The van der Waals surface area contributed by atoms with Crippen LogP contribution in [0.1, 0.15) is 6.92 Å². The van der Waals surface area contributed by atoms with E-state index in [1.807, 2.05) is 12.1 Å². The standard InChI is InChI=1S/C49H37N3/c1-34-50-46-28-12-13-29-49(46)52(34)41-23-15-21-38(31-41)37-20-14-22-39(30-37)42-24-8-10-26-44(42)45-27-11-9-25-43(45)40-32-47(35-16-4-2-5-17-35)51-48(33-40)36-18-6-3-7-19-36/h2-34,50H,1H3.